The van der Waals surface area contributed by atoms with Crippen LogP contribution in [0.15, 0.2) is 53.1 Å². The van der Waals surface area contributed by atoms with E-state index >= 15 is 0 Å². The summed E-state index contributed by atoms with van der Waals surface area (Å²) in [7, 11) is 0. The van der Waals surface area contributed by atoms with Crippen LogP contribution in [0.1, 0.15) is 11.1 Å². The highest BCUT2D eigenvalue weighted by Gasteiger charge is 2.12. The summed E-state index contributed by atoms with van der Waals surface area (Å²) in [5.41, 5.74) is 9.06. The number of benzene rings is 2. The van der Waals surface area contributed by atoms with Gasteiger partial charge in [0.25, 0.3) is 0 Å². The summed E-state index contributed by atoms with van der Waals surface area (Å²) in [6, 6.07) is 15.4. The third-order valence-electron chi connectivity index (χ3n) is 3.28. The van der Waals surface area contributed by atoms with Gasteiger partial charge in [0.05, 0.1) is 5.02 Å². The SMILES string of the molecule is Cc1cc(-c2cc(N)on2)cc(Cl)c1OCc1ccccc1. The van der Waals surface area contributed by atoms with Crippen molar-refractivity contribution in [3.05, 3.63) is 64.7 Å². The molecule has 0 spiro atoms. The van der Waals surface area contributed by atoms with Crippen molar-refractivity contribution < 1.29 is 9.26 Å². The van der Waals surface area contributed by atoms with Gasteiger partial charge in [0, 0.05) is 11.6 Å². The molecule has 0 fully saturated rings. The predicted molar refractivity (Wildman–Crippen MR) is 86.9 cm³/mol. The largest absolute Gasteiger partial charge is 0.487 e. The lowest BCUT2D eigenvalue weighted by molar-refractivity contribution is 0.304. The highest BCUT2D eigenvalue weighted by atomic mass is 35.5. The van der Waals surface area contributed by atoms with E-state index in [1.165, 1.54) is 0 Å². The van der Waals surface area contributed by atoms with Gasteiger partial charge in [0.1, 0.15) is 18.1 Å². The van der Waals surface area contributed by atoms with Gasteiger partial charge < -0.3 is 15.0 Å². The Kier molecular flexibility index (Phi) is 4.02. The summed E-state index contributed by atoms with van der Waals surface area (Å²) in [4.78, 5) is 0. The Balaban J connectivity index is 1.84. The van der Waals surface area contributed by atoms with Gasteiger partial charge in [-0.05, 0) is 30.2 Å². The van der Waals surface area contributed by atoms with Crippen LogP contribution in [-0.2, 0) is 6.61 Å². The second-order valence-corrected chi connectivity index (χ2v) is 5.40. The van der Waals surface area contributed by atoms with E-state index < -0.39 is 0 Å². The van der Waals surface area contributed by atoms with Crippen molar-refractivity contribution in [2.45, 2.75) is 13.5 Å². The lowest BCUT2D eigenvalue weighted by Gasteiger charge is -2.12. The number of nitrogens with zero attached hydrogens (tertiary/aromatic N) is 1. The molecule has 0 saturated heterocycles. The molecule has 0 aliphatic carbocycles. The maximum absolute atomic E-state index is 6.34. The molecule has 0 unspecified atom stereocenters. The monoisotopic (exact) mass is 314 g/mol. The van der Waals surface area contributed by atoms with E-state index in [-0.39, 0.29) is 5.88 Å². The molecule has 112 valence electrons. The average molecular weight is 315 g/mol. The molecule has 1 heterocycles. The molecule has 0 aliphatic heterocycles. The van der Waals surface area contributed by atoms with Crippen molar-refractivity contribution >= 4 is 17.5 Å². The van der Waals surface area contributed by atoms with Gasteiger partial charge in [-0.2, -0.15) is 0 Å². The van der Waals surface area contributed by atoms with Crippen LogP contribution < -0.4 is 10.5 Å². The molecule has 2 N–H and O–H groups in total. The number of hydrogen-bond donors (Lipinski definition) is 1. The number of nitrogens with two attached hydrogens (primary N) is 1. The summed E-state index contributed by atoms with van der Waals surface area (Å²) >= 11 is 6.34. The summed E-state index contributed by atoms with van der Waals surface area (Å²) in [5.74, 6) is 0.943. The molecule has 0 amide bonds. The molecular formula is C17H15ClN2O2. The normalized spacial score (nSPS) is 10.6. The average Bonchev–Trinajstić information content (AvgIpc) is 2.94. The standard InChI is InChI=1S/C17H15ClN2O2/c1-11-7-13(15-9-16(19)22-20-15)8-14(18)17(11)21-10-12-5-3-2-4-6-12/h2-9H,10,19H2,1H3. The number of rotatable bonds is 4. The molecule has 22 heavy (non-hydrogen) atoms. The predicted octanol–water partition coefficient (Wildman–Crippen LogP) is 4.46. The summed E-state index contributed by atoms with van der Waals surface area (Å²) in [5, 5.41) is 4.43. The van der Waals surface area contributed by atoms with Crippen LogP contribution in [0.25, 0.3) is 11.3 Å². The lowest BCUT2D eigenvalue weighted by Crippen LogP contribution is -1.98. The first-order chi connectivity index (χ1) is 10.6. The summed E-state index contributed by atoms with van der Waals surface area (Å²) in [6.07, 6.45) is 0. The van der Waals surface area contributed by atoms with Crippen LogP contribution in [0.5, 0.6) is 5.75 Å². The van der Waals surface area contributed by atoms with E-state index in [4.69, 9.17) is 26.6 Å². The topological polar surface area (TPSA) is 61.3 Å². The molecule has 4 nitrogen and oxygen atoms in total. The number of nitrogen functional groups attached to an aromatic ring is 1. The Labute approximate surface area is 133 Å². The molecule has 5 heteroatoms. The van der Waals surface area contributed by atoms with E-state index in [1.807, 2.05) is 43.3 Å². The highest BCUT2D eigenvalue weighted by Crippen LogP contribution is 2.34. The van der Waals surface area contributed by atoms with Gasteiger partial charge in [-0.15, -0.1) is 0 Å². The first-order valence-electron chi connectivity index (χ1n) is 6.83. The van der Waals surface area contributed by atoms with Crippen molar-refractivity contribution in [1.29, 1.82) is 0 Å². The minimum Gasteiger partial charge on any atom is -0.487 e. The number of anilines is 1. The highest BCUT2D eigenvalue weighted by molar-refractivity contribution is 6.32. The van der Waals surface area contributed by atoms with E-state index in [2.05, 4.69) is 5.16 Å². The molecule has 0 saturated carbocycles. The Morgan fingerprint density at radius 3 is 2.59 bits per heavy atom. The van der Waals surface area contributed by atoms with Gasteiger partial charge in [0.15, 0.2) is 0 Å². The fourth-order valence-electron chi connectivity index (χ4n) is 2.22. The Bertz CT molecular complexity index is 761. The Hall–Kier alpha value is -2.46. The quantitative estimate of drug-likeness (QED) is 0.772. The number of hydrogen-bond acceptors (Lipinski definition) is 4. The molecule has 0 atom stereocenters. The fraction of sp³-hybridized carbons (Fsp3) is 0.118. The van der Waals surface area contributed by atoms with Crippen molar-refractivity contribution in [2.24, 2.45) is 0 Å². The molecule has 3 rings (SSSR count). The maximum atomic E-state index is 6.34. The molecule has 1 aromatic heterocycles. The van der Waals surface area contributed by atoms with Crippen molar-refractivity contribution in [1.82, 2.24) is 5.16 Å². The smallest absolute Gasteiger partial charge is 0.222 e. The third kappa shape index (κ3) is 3.07. The fourth-order valence-corrected chi connectivity index (χ4v) is 2.54. The van der Waals surface area contributed by atoms with Crippen molar-refractivity contribution in [3.8, 4) is 17.0 Å². The Morgan fingerprint density at radius 1 is 1.18 bits per heavy atom. The minimum atomic E-state index is 0.271. The van der Waals surface area contributed by atoms with E-state index in [9.17, 15) is 0 Å². The zero-order chi connectivity index (χ0) is 15.5. The third-order valence-corrected chi connectivity index (χ3v) is 3.56. The molecule has 2 aromatic carbocycles. The molecular weight excluding hydrogens is 300 g/mol. The first kappa shape index (κ1) is 14.5. The second-order valence-electron chi connectivity index (χ2n) is 4.99. The number of aryl methyl sites for hydroxylation is 1. The molecule has 0 radical (unpaired) electrons. The van der Waals surface area contributed by atoms with E-state index in [0.717, 1.165) is 16.7 Å². The lowest BCUT2D eigenvalue weighted by atomic mass is 10.1. The van der Waals surface area contributed by atoms with Crippen LogP contribution in [0.2, 0.25) is 5.02 Å². The number of ether oxygens (including phenoxy) is 1. The van der Waals surface area contributed by atoms with Crippen LogP contribution in [-0.4, -0.2) is 5.16 Å². The number of aromatic nitrogens is 1. The minimum absolute atomic E-state index is 0.271. The van der Waals surface area contributed by atoms with Gasteiger partial charge in [-0.3, -0.25) is 0 Å². The maximum Gasteiger partial charge on any atom is 0.222 e. The van der Waals surface area contributed by atoms with Crippen LogP contribution in [0.3, 0.4) is 0 Å². The first-order valence-corrected chi connectivity index (χ1v) is 7.21. The van der Waals surface area contributed by atoms with Gasteiger partial charge in [0.2, 0.25) is 5.88 Å². The number of halogens is 1. The van der Waals surface area contributed by atoms with Gasteiger partial charge >= 0.3 is 0 Å². The zero-order valence-corrected chi connectivity index (χ0v) is 12.8. The van der Waals surface area contributed by atoms with Crippen LogP contribution >= 0.6 is 11.6 Å². The van der Waals surface area contributed by atoms with Gasteiger partial charge in [-0.25, -0.2) is 0 Å². The van der Waals surface area contributed by atoms with E-state index in [0.29, 0.717) is 23.1 Å². The van der Waals surface area contributed by atoms with Crippen molar-refractivity contribution in [3.63, 3.8) is 0 Å². The van der Waals surface area contributed by atoms with Crippen LogP contribution in [0, 0.1) is 6.92 Å². The van der Waals surface area contributed by atoms with E-state index in [1.54, 1.807) is 12.1 Å². The Morgan fingerprint density at radius 2 is 1.95 bits per heavy atom. The molecule has 3 aromatic rings. The van der Waals surface area contributed by atoms with Crippen LogP contribution in [0.4, 0.5) is 5.88 Å². The molecule has 0 aliphatic rings. The molecule has 0 bridgehead atoms. The summed E-state index contributed by atoms with van der Waals surface area (Å²) in [6.45, 7) is 2.41. The van der Waals surface area contributed by atoms with Crippen molar-refractivity contribution in [2.75, 3.05) is 5.73 Å². The zero-order valence-electron chi connectivity index (χ0n) is 12.0. The van der Waals surface area contributed by atoms with Gasteiger partial charge in [-0.1, -0.05) is 47.1 Å². The summed E-state index contributed by atoms with van der Waals surface area (Å²) < 4.78 is 10.7. The second kappa shape index (κ2) is 6.12.